The predicted molar refractivity (Wildman–Crippen MR) is 138 cm³/mol. The molecule has 0 radical (unpaired) electrons. The fourth-order valence-corrected chi connectivity index (χ4v) is 6.47. The van der Waals surface area contributed by atoms with E-state index >= 15 is 0 Å². The molecule has 6 rings (SSSR count). The normalized spacial score (nSPS) is 21.0. The van der Waals surface area contributed by atoms with E-state index in [1.165, 1.54) is 17.4 Å². The Labute approximate surface area is 212 Å². The first-order chi connectivity index (χ1) is 17.5. The van der Waals surface area contributed by atoms with Gasteiger partial charge in [-0.3, -0.25) is 14.9 Å². The van der Waals surface area contributed by atoms with E-state index in [4.69, 9.17) is 14.1 Å². The number of fused-ring (bicyclic) bond motifs is 1. The molecule has 1 N–H and O–H groups in total. The Balaban J connectivity index is 1.29. The Morgan fingerprint density at radius 1 is 1.25 bits per heavy atom. The van der Waals surface area contributed by atoms with Crippen LogP contribution in [-0.4, -0.2) is 46.5 Å². The van der Waals surface area contributed by atoms with Gasteiger partial charge in [0.1, 0.15) is 17.0 Å². The van der Waals surface area contributed by atoms with E-state index in [1.807, 2.05) is 41.3 Å². The Morgan fingerprint density at radius 3 is 2.86 bits per heavy atom. The highest BCUT2D eigenvalue weighted by molar-refractivity contribution is 7.17. The number of carbonyl (C=O) groups excluding carboxylic acids is 2. The van der Waals surface area contributed by atoms with Crippen molar-refractivity contribution in [3.63, 3.8) is 0 Å². The third-order valence-corrected chi connectivity index (χ3v) is 8.45. The zero-order valence-corrected chi connectivity index (χ0v) is 20.7. The standard InChI is InChI=1S/C27H26N4O4S/c1-3-23(32)30-12-11-27(16-30)14-17(15-27)31-18-6-4-7-20(34-2)24(18)28-26(31)29-25(33)22-10-9-21(36-22)19-8-5-13-35-19/h3-10,13,17H,1,11-12,14-16H2,2H3,(H,28,29,33). The minimum atomic E-state index is -0.217. The number of furan rings is 1. The van der Waals surface area contributed by atoms with Crippen LogP contribution >= 0.6 is 11.3 Å². The second kappa shape index (κ2) is 8.67. The van der Waals surface area contributed by atoms with Crippen LogP contribution in [0.1, 0.15) is 35.0 Å². The van der Waals surface area contributed by atoms with Gasteiger partial charge in [-0.25, -0.2) is 4.98 Å². The van der Waals surface area contributed by atoms with Gasteiger partial charge in [-0.15, -0.1) is 11.3 Å². The fourth-order valence-electron chi connectivity index (χ4n) is 5.60. The summed E-state index contributed by atoms with van der Waals surface area (Å²) < 4.78 is 13.1. The van der Waals surface area contributed by atoms with Crippen molar-refractivity contribution >= 4 is 40.1 Å². The molecule has 1 aliphatic heterocycles. The molecule has 1 aromatic carbocycles. The number of hydrogen-bond acceptors (Lipinski definition) is 6. The van der Waals surface area contributed by atoms with Crippen molar-refractivity contribution in [2.45, 2.75) is 25.3 Å². The number of nitrogens with zero attached hydrogens (tertiary/aromatic N) is 3. The molecule has 1 saturated carbocycles. The van der Waals surface area contributed by atoms with Gasteiger partial charge in [0.05, 0.1) is 28.6 Å². The average Bonchev–Trinajstić information content (AvgIpc) is 3.66. The van der Waals surface area contributed by atoms with Crippen molar-refractivity contribution in [3.8, 4) is 16.4 Å². The molecule has 4 aromatic rings. The molecule has 0 atom stereocenters. The quantitative estimate of drug-likeness (QED) is 0.359. The zero-order chi connectivity index (χ0) is 24.9. The molecule has 184 valence electrons. The minimum Gasteiger partial charge on any atom is -0.494 e. The summed E-state index contributed by atoms with van der Waals surface area (Å²) >= 11 is 1.37. The number of imidazole rings is 1. The number of ether oxygens (including phenoxy) is 1. The summed E-state index contributed by atoms with van der Waals surface area (Å²) in [4.78, 5) is 33.5. The number of nitrogens with one attached hydrogen (secondary N) is 1. The van der Waals surface area contributed by atoms with Crippen molar-refractivity contribution in [2.75, 3.05) is 25.5 Å². The van der Waals surface area contributed by atoms with E-state index in [-0.39, 0.29) is 23.3 Å². The van der Waals surface area contributed by atoms with Crippen LogP contribution in [0.4, 0.5) is 5.95 Å². The number of para-hydroxylation sites is 1. The molecule has 4 heterocycles. The smallest absolute Gasteiger partial charge is 0.268 e. The molecular weight excluding hydrogens is 476 g/mol. The van der Waals surface area contributed by atoms with Crippen LogP contribution < -0.4 is 10.1 Å². The lowest BCUT2D eigenvalue weighted by molar-refractivity contribution is -0.125. The van der Waals surface area contributed by atoms with Crippen LogP contribution in [0.2, 0.25) is 0 Å². The van der Waals surface area contributed by atoms with E-state index in [1.54, 1.807) is 19.4 Å². The first kappa shape index (κ1) is 22.6. The van der Waals surface area contributed by atoms with Crippen LogP contribution in [0.15, 0.2) is 65.8 Å². The molecule has 2 aliphatic rings. The van der Waals surface area contributed by atoms with Crippen LogP contribution in [0.5, 0.6) is 5.75 Å². The highest BCUT2D eigenvalue weighted by Gasteiger charge is 2.50. The summed E-state index contributed by atoms with van der Waals surface area (Å²) in [5.41, 5.74) is 1.74. The fraction of sp³-hybridized carbons (Fsp3) is 0.296. The number of carbonyl (C=O) groups is 2. The molecule has 3 aromatic heterocycles. The van der Waals surface area contributed by atoms with E-state index in [9.17, 15) is 9.59 Å². The summed E-state index contributed by atoms with van der Waals surface area (Å²) in [6.45, 7) is 5.13. The number of thiophene rings is 1. The Hall–Kier alpha value is -3.85. The van der Waals surface area contributed by atoms with Gasteiger partial charge in [0, 0.05) is 19.1 Å². The summed E-state index contributed by atoms with van der Waals surface area (Å²) in [7, 11) is 1.62. The third-order valence-electron chi connectivity index (χ3n) is 7.35. The first-order valence-corrected chi connectivity index (χ1v) is 12.7. The van der Waals surface area contributed by atoms with Gasteiger partial charge in [0.15, 0.2) is 0 Å². The number of aromatic nitrogens is 2. The lowest BCUT2D eigenvalue weighted by Crippen LogP contribution is -2.42. The lowest BCUT2D eigenvalue weighted by Gasteiger charge is -2.46. The predicted octanol–water partition coefficient (Wildman–Crippen LogP) is 5.36. The van der Waals surface area contributed by atoms with Gasteiger partial charge in [-0.1, -0.05) is 12.6 Å². The van der Waals surface area contributed by atoms with Crippen LogP contribution in [0, 0.1) is 5.41 Å². The first-order valence-electron chi connectivity index (χ1n) is 11.9. The number of anilines is 1. The topological polar surface area (TPSA) is 89.6 Å². The minimum absolute atomic E-state index is 0.00837. The van der Waals surface area contributed by atoms with E-state index < -0.39 is 0 Å². The van der Waals surface area contributed by atoms with E-state index in [0.29, 0.717) is 22.1 Å². The van der Waals surface area contributed by atoms with E-state index in [0.717, 1.165) is 48.5 Å². The number of likely N-dealkylation sites (tertiary alicyclic amines) is 1. The zero-order valence-electron chi connectivity index (χ0n) is 19.9. The number of hydrogen-bond donors (Lipinski definition) is 1. The van der Waals surface area contributed by atoms with Gasteiger partial charge >= 0.3 is 0 Å². The van der Waals surface area contributed by atoms with Gasteiger partial charge in [0.25, 0.3) is 5.91 Å². The molecule has 1 spiro atoms. The second-order valence-corrected chi connectivity index (χ2v) is 10.6. The number of amides is 2. The third kappa shape index (κ3) is 3.71. The number of rotatable bonds is 6. The van der Waals surface area contributed by atoms with Crippen molar-refractivity contribution in [3.05, 3.63) is 66.3 Å². The molecule has 1 saturated heterocycles. The molecule has 9 heteroatoms. The number of benzene rings is 1. The average molecular weight is 503 g/mol. The molecule has 36 heavy (non-hydrogen) atoms. The Morgan fingerprint density at radius 2 is 2.11 bits per heavy atom. The maximum absolute atomic E-state index is 13.2. The Bertz CT molecular complexity index is 1460. The maximum atomic E-state index is 13.2. The molecule has 0 bridgehead atoms. The van der Waals surface area contributed by atoms with Crippen molar-refractivity contribution < 1.29 is 18.7 Å². The SMILES string of the molecule is C=CC(=O)N1CCC2(CC(n3c(NC(=O)c4ccc(-c5ccco5)s4)nc4c(OC)cccc43)C2)C1. The monoisotopic (exact) mass is 502 g/mol. The summed E-state index contributed by atoms with van der Waals surface area (Å²) in [5.74, 6) is 1.67. The van der Waals surface area contributed by atoms with E-state index in [2.05, 4.69) is 16.5 Å². The maximum Gasteiger partial charge on any atom is 0.268 e. The van der Waals surface area contributed by atoms with Crippen molar-refractivity contribution in [1.29, 1.82) is 0 Å². The van der Waals surface area contributed by atoms with Gasteiger partial charge in [-0.05, 0) is 67.2 Å². The molecular formula is C27H26N4O4S. The summed E-state index contributed by atoms with van der Waals surface area (Å²) in [5, 5.41) is 3.05. The molecule has 0 unspecified atom stereocenters. The van der Waals surface area contributed by atoms with Crippen LogP contribution in [0.3, 0.4) is 0 Å². The second-order valence-electron chi connectivity index (χ2n) is 9.50. The number of methoxy groups -OCH3 is 1. The van der Waals surface area contributed by atoms with Crippen LogP contribution in [0.25, 0.3) is 21.7 Å². The van der Waals surface area contributed by atoms with Gasteiger partial charge < -0.3 is 18.6 Å². The molecule has 2 amide bonds. The van der Waals surface area contributed by atoms with Crippen molar-refractivity contribution in [1.82, 2.24) is 14.5 Å². The molecule has 1 aliphatic carbocycles. The summed E-state index contributed by atoms with van der Waals surface area (Å²) in [6, 6.07) is 13.4. The molecule has 8 nitrogen and oxygen atoms in total. The lowest BCUT2D eigenvalue weighted by atomic mass is 9.65. The highest BCUT2D eigenvalue weighted by Crippen LogP contribution is 2.55. The van der Waals surface area contributed by atoms with Gasteiger partial charge in [-0.2, -0.15) is 0 Å². The Kier molecular flexibility index (Phi) is 5.44. The van der Waals surface area contributed by atoms with Crippen molar-refractivity contribution in [2.24, 2.45) is 5.41 Å². The molecule has 2 fully saturated rings. The van der Waals surface area contributed by atoms with Crippen LogP contribution in [-0.2, 0) is 4.79 Å². The summed E-state index contributed by atoms with van der Waals surface area (Å²) in [6.07, 6.45) is 5.82. The highest BCUT2D eigenvalue weighted by atomic mass is 32.1. The van der Waals surface area contributed by atoms with Gasteiger partial charge in [0.2, 0.25) is 11.9 Å². The largest absolute Gasteiger partial charge is 0.494 e.